The molecule has 3 nitrogen and oxygen atoms in total. The van der Waals surface area contributed by atoms with Crippen LogP contribution >= 0.6 is 0 Å². The highest BCUT2D eigenvalue weighted by Crippen LogP contribution is 2.38. The van der Waals surface area contributed by atoms with E-state index in [4.69, 9.17) is 9.47 Å². The van der Waals surface area contributed by atoms with E-state index in [1.54, 1.807) is 0 Å². The Morgan fingerprint density at radius 2 is 1.62 bits per heavy atom. The van der Waals surface area contributed by atoms with E-state index in [1.807, 2.05) is 6.07 Å². The second kappa shape index (κ2) is 10.3. The number of hydrogen-bond acceptors (Lipinski definition) is 2. The lowest BCUT2D eigenvalue weighted by Crippen LogP contribution is -2.24. The van der Waals surface area contributed by atoms with Crippen LogP contribution in [-0.2, 0) is 20.7 Å². The van der Waals surface area contributed by atoms with Gasteiger partial charge in [-0.2, -0.15) is 5.11 Å². The van der Waals surface area contributed by atoms with Crippen molar-refractivity contribution in [1.82, 2.24) is 0 Å². The molecule has 1 unspecified atom stereocenters. The van der Waals surface area contributed by atoms with E-state index in [0.717, 1.165) is 37.9 Å². The van der Waals surface area contributed by atoms with Gasteiger partial charge < -0.3 is 9.47 Å². The molecule has 1 aromatic rings. The second-order valence-corrected chi connectivity index (χ2v) is 8.50. The molecule has 0 heterocycles. The fourth-order valence-corrected chi connectivity index (χ4v) is 2.77. The third-order valence-corrected chi connectivity index (χ3v) is 5.68. The third-order valence-electron chi connectivity index (χ3n) is 5.68. The van der Waals surface area contributed by atoms with Crippen molar-refractivity contribution in [3.05, 3.63) is 29.3 Å². The minimum absolute atomic E-state index is 0.00444. The van der Waals surface area contributed by atoms with Gasteiger partial charge in [0, 0.05) is 12.2 Å². The van der Waals surface area contributed by atoms with Crippen molar-refractivity contribution < 1.29 is 14.6 Å². The van der Waals surface area contributed by atoms with Gasteiger partial charge in [0.2, 0.25) is 6.29 Å². The molecule has 0 spiro atoms. The Bertz CT molecular complexity index is 534. The lowest BCUT2D eigenvalue weighted by atomic mass is 9.76. The molecule has 0 aromatic heterocycles. The van der Waals surface area contributed by atoms with E-state index >= 15 is 0 Å². The quantitative estimate of drug-likeness (QED) is 0.318. The van der Waals surface area contributed by atoms with Gasteiger partial charge in [0.1, 0.15) is 12.4 Å². The average molecular weight is 364 g/mol. The fraction of sp³-hybridized carbons (Fsp3) is 0.739. The van der Waals surface area contributed by atoms with Crippen molar-refractivity contribution in [2.24, 2.45) is 0 Å². The van der Waals surface area contributed by atoms with Crippen molar-refractivity contribution in [3.8, 4) is 5.75 Å². The van der Waals surface area contributed by atoms with Crippen molar-refractivity contribution in [1.29, 1.82) is 0 Å². The topological polar surface area (TPSA) is 38.4 Å². The normalized spacial score (nSPS) is 13.7. The van der Waals surface area contributed by atoms with Crippen molar-refractivity contribution in [2.75, 3.05) is 13.2 Å². The molecule has 0 amide bonds. The summed E-state index contributed by atoms with van der Waals surface area (Å²) in [5, 5.41) is 12.0. The fourth-order valence-electron chi connectivity index (χ4n) is 2.77. The molecule has 0 saturated carbocycles. The first kappa shape index (κ1) is 23.0. The Balaban J connectivity index is 2.90. The Hall–Kier alpha value is -1.06. The maximum Gasteiger partial charge on any atom is 0.225 e. The molecule has 0 saturated heterocycles. The molecule has 0 aliphatic carbocycles. The number of benzene rings is 1. The highest BCUT2D eigenvalue weighted by molar-refractivity contribution is 5.44. The maximum atomic E-state index is 12.0. The molecule has 1 rings (SSSR count). The van der Waals surface area contributed by atoms with Gasteiger partial charge in [-0.3, -0.25) is 0 Å². The van der Waals surface area contributed by atoms with Gasteiger partial charge in [-0.25, -0.2) is 0 Å². The van der Waals surface area contributed by atoms with E-state index in [9.17, 15) is 5.11 Å². The van der Waals surface area contributed by atoms with E-state index in [2.05, 4.69) is 60.6 Å². The van der Waals surface area contributed by atoms with Crippen LogP contribution in [0.1, 0.15) is 91.7 Å². The largest absolute Gasteiger partial charge is 0.488 e. The Morgan fingerprint density at radius 1 is 0.962 bits per heavy atom. The van der Waals surface area contributed by atoms with Gasteiger partial charge in [-0.15, -0.1) is 0 Å². The summed E-state index contributed by atoms with van der Waals surface area (Å²) in [6, 6.07) is 6.43. The number of rotatable bonds is 12. The lowest BCUT2D eigenvalue weighted by Gasteiger charge is -2.30. The summed E-state index contributed by atoms with van der Waals surface area (Å²) in [6.07, 6.45) is 4.11. The third kappa shape index (κ3) is 6.59. The molecule has 1 aromatic carbocycles. The van der Waals surface area contributed by atoms with Gasteiger partial charge in [-0.05, 0) is 41.7 Å². The lowest BCUT2D eigenvalue weighted by molar-refractivity contribution is -0.157. The number of unbranched alkanes of at least 4 members (excludes halogenated alkanes) is 2. The van der Waals surface area contributed by atoms with Crippen LogP contribution in [0.4, 0.5) is 0 Å². The predicted octanol–water partition coefficient (Wildman–Crippen LogP) is 6.40. The van der Waals surface area contributed by atoms with Crippen molar-refractivity contribution in [3.63, 3.8) is 0 Å². The van der Waals surface area contributed by atoms with Gasteiger partial charge in [0.15, 0.2) is 0 Å². The first-order valence-corrected chi connectivity index (χ1v) is 10.2. The van der Waals surface area contributed by atoms with E-state index < -0.39 is 6.29 Å². The molecule has 0 aliphatic rings. The zero-order chi connectivity index (χ0) is 19.8. The minimum Gasteiger partial charge on any atom is -0.488 e. The molecule has 26 heavy (non-hydrogen) atoms. The molecular formula is C23H39O3. The molecule has 1 atom stereocenters. The molecule has 0 aliphatic heterocycles. The van der Waals surface area contributed by atoms with Crippen LogP contribution in [0.5, 0.6) is 5.75 Å². The van der Waals surface area contributed by atoms with Crippen LogP contribution in [0.25, 0.3) is 0 Å². The van der Waals surface area contributed by atoms with E-state index in [-0.39, 0.29) is 17.4 Å². The number of ether oxygens (including phenoxy) is 2. The molecule has 0 N–H and O–H groups in total. The van der Waals surface area contributed by atoms with Gasteiger partial charge >= 0.3 is 0 Å². The van der Waals surface area contributed by atoms with Gasteiger partial charge in [0.05, 0.1) is 0 Å². The Labute approximate surface area is 161 Å². The summed E-state index contributed by atoms with van der Waals surface area (Å²) in [6.45, 7) is 16.1. The summed E-state index contributed by atoms with van der Waals surface area (Å²) < 4.78 is 11.2. The van der Waals surface area contributed by atoms with Crippen LogP contribution < -0.4 is 4.74 Å². The minimum atomic E-state index is -1.13. The Kier molecular flexibility index (Phi) is 9.12. The Morgan fingerprint density at radius 3 is 2.19 bits per heavy atom. The monoisotopic (exact) mass is 363 g/mol. The molecule has 149 valence electrons. The highest BCUT2D eigenvalue weighted by Gasteiger charge is 2.27. The van der Waals surface area contributed by atoms with E-state index in [1.165, 1.54) is 11.1 Å². The van der Waals surface area contributed by atoms with Crippen LogP contribution in [0.15, 0.2) is 18.2 Å². The van der Waals surface area contributed by atoms with Crippen LogP contribution in [0.3, 0.4) is 0 Å². The van der Waals surface area contributed by atoms with Crippen molar-refractivity contribution in [2.45, 2.75) is 97.7 Å². The van der Waals surface area contributed by atoms with Crippen LogP contribution in [0.2, 0.25) is 0 Å². The summed E-state index contributed by atoms with van der Waals surface area (Å²) in [5.74, 6) is 0.811. The molecular weight excluding hydrogens is 324 g/mol. The standard InChI is InChI=1S/C23H39O3/c1-8-11-12-15-25-21(24)17-26-20-14-13-18(22(4,5)9-2)16-19(20)23(6,7)10-3/h13-14,16,21H,8-12,15,17H2,1-7H3. The first-order valence-electron chi connectivity index (χ1n) is 10.2. The van der Waals surface area contributed by atoms with Gasteiger partial charge in [0.25, 0.3) is 0 Å². The van der Waals surface area contributed by atoms with E-state index in [0.29, 0.717) is 6.61 Å². The zero-order valence-electron chi connectivity index (χ0n) is 18.0. The first-order chi connectivity index (χ1) is 12.2. The second-order valence-electron chi connectivity index (χ2n) is 8.50. The highest BCUT2D eigenvalue weighted by atomic mass is 16.6. The molecule has 0 fully saturated rings. The maximum absolute atomic E-state index is 12.0. The number of hydrogen-bond donors (Lipinski definition) is 0. The molecule has 0 bridgehead atoms. The van der Waals surface area contributed by atoms with Gasteiger partial charge in [-0.1, -0.05) is 73.4 Å². The van der Waals surface area contributed by atoms with Crippen LogP contribution in [0, 0.1) is 0 Å². The predicted molar refractivity (Wildman–Crippen MR) is 109 cm³/mol. The van der Waals surface area contributed by atoms with Crippen molar-refractivity contribution >= 4 is 0 Å². The zero-order valence-corrected chi connectivity index (χ0v) is 18.0. The molecule has 3 heteroatoms. The summed E-state index contributed by atoms with van der Waals surface area (Å²) in [7, 11) is 0. The van der Waals surface area contributed by atoms with Crippen LogP contribution in [-0.4, -0.2) is 19.5 Å². The molecule has 1 radical (unpaired) electrons. The summed E-state index contributed by atoms with van der Waals surface area (Å²) in [5.41, 5.74) is 2.62. The average Bonchev–Trinajstić information content (AvgIpc) is 2.63. The smallest absolute Gasteiger partial charge is 0.225 e. The summed E-state index contributed by atoms with van der Waals surface area (Å²) >= 11 is 0. The summed E-state index contributed by atoms with van der Waals surface area (Å²) in [4.78, 5) is 0. The SMILES string of the molecule is CCCCCOC([O])COc1ccc(C(C)(C)CC)cc1C(C)(C)CC.